The molecule has 2 heterocycles. The summed E-state index contributed by atoms with van der Waals surface area (Å²) in [5, 5.41) is 1.06. The summed E-state index contributed by atoms with van der Waals surface area (Å²) in [6.07, 6.45) is 0.101. The van der Waals surface area contributed by atoms with Crippen LogP contribution in [0.3, 0.4) is 0 Å². The number of amides is 1. The number of carbonyl (C=O) groups excluding carboxylic acids is 4. The molecule has 1 aliphatic rings. The highest BCUT2D eigenvalue weighted by molar-refractivity contribution is 7.90. The third-order valence-corrected chi connectivity index (χ3v) is 9.88. The number of benzene rings is 3. The van der Waals surface area contributed by atoms with E-state index in [1.54, 1.807) is 42.4 Å². The van der Waals surface area contributed by atoms with Crippen LogP contribution in [0.25, 0.3) is 11.0 Å². The van der Waals surface area contributed by atoms with E-state index in [1.807, 2.05) is 12.1 Å². The van der Waals surface area contributed by atoms with E-state index in [1.165, 1.54) is 25.1 Å². The summed E-state index contributed by atoms with van der Waals surface area (Å²) in [6.45, 7) is 3.49. The number of nitrogens with zero attached hydrogens (tertiary/aromatic N) is 1. The van der Waals surface area contributed by atoms with Gasteiger partial charge in [0.2, 0.25) is 6.29 Å². The number of esters is 1. The van der Waals surface area contributed by atoms with E-state index < -0.39 is 46.4 Å². The number of halogens is 2. The van der Waals surface area contributed by atoms with Gasteiger partial charge < -0.3 is 23.5 Å². The fourth-order valence-corrected chi connectivity index (χ4v) is 7.17. The second kappa shape index (κ2) is 15.0. The summed E-state index contributed by atoms with van der Waals surface area (Å²) < 4.78 is 44.8. The number of Topliss-reactive ketones (excluding diaryl/α,β-unsaturated/α-hetero) is 1. The third kappa shape index (κ3) is 8.44. The summed E-state index contributed by atoms with van der Waals surface area (Å²) in [7, 11) is -3.56. The van der Waals surface area contributed by atoms with Crippen LogP contribution in [0.4, 0.5) is 4.79 Å². The van der Waals surface area contributed by atoms with Crippen molar-refractivity contribution in [1.82, 2.24) is 4.90 Å². The summed E-state index contributed by atoms with van der Waals surface area (Å²) in [6, 6.07) is 14.6. The first-order chi connectivity index (χ1) is 23.2. The van der Waals surface area contributed by atoms with E-state index in [4.69, 9.17) is 41.8 Å². The molecule has 2 atom stereocenters. The molecule has 4 aromatic rings. The Hall–Kier alpha value is -4.39. The Kier molecular flexibility index (Phi) is 11.0. The van der Waals surface area contributed by atoms with Crippen LogP contribution >= 0.6 is 23.2 Å². The molecule has 5 rings (SSSR count). The topological polar surface area (TPSA) is 146 Å². The van der Waals surface area contributed by atoms with Crippen LogP contribution in [0.5, 0.6) is 0 Å². The standard InChI is InChI=1S/C35H33Cl2NO10S/c1-4-45-35(42)48-20(2)47-34(41)24(14-21-6-5-7-26(15-21)49(3,43)44)17-29(39)31-28(36)16-25-19-38(12-10-27(25)32(31)37)33(40)23-9-8-22-11-13-46-30(22)18-23/h5-9,11,13,15-16,18,20,24H,4,10,12,14,17,19H2,1-3H3/t20?,24-/m1/s1. The molecule has 0 saturated carbocycles. The first kappa shape index (κ1) is 35.9. The van der Waals surface area contributed by atoms with E-state index in [2.05, 4.69) is 0 Å². The van der Waals surface area contributed by atoms with E-state index in [-0.39, 0.29) is 46.0 Å². The lowest BCUT2D eigenvalue weighted by atomic mass is 9.89. The van der Waals surface area contributed by atoms with Crippen molar-refractivity contribution < 1.29 is 46.2 Å². The smallest absolute Gasteiger partial charge is 0.464 e. The highest BCUT2D eigenvalue weighted by Gasteiger charge is 2.32. The molecule has 1 aromatic heterocycles. The Morgan fingerprint density at radius 3 is 2.53 bits per heavy atom. The van der Waals surface area contributed by atoms with Gasteiger partial charge in [0, 0.05) is 43.6 Å². The van der Waals surface area contributed by atoms with E-state index in [9.17, 15) is 27.6 Å². The van der Waals surface area contributed by atoms with Gasteiger partial charge in [-0.15, -0.1) is 0 Å². The maximum atomic E-state index is 13.8. The Balaban J connectivity index is 1.37. The number of ether oxygens (including phenoxy) is 3. The van der Waals surface area contributed by atoms with Crippen LogP contribution in [0.1, 0.15) is 57.7 Å². The van der Waals surface area contributed by atoms with Crippen LogP contribution in [-0.4, -0.2) is 62.8 Å². The highest BCUT2D eigenvalue weighted by atomic mass is 35.5. The van der Waals surface area contributed by atoms with Gasteiger partial charge in [0.1, 0.15) is 5.58 Å². The van der Waals surface area contributed by atoms with Gasteiger partial charge >= 0.3 is 12.1 Å². The quantitative estimate of drug-likeness (QED) is 0.0914. The fourth-order valence-electron chi connectivity index (χ4n) is 5.67. The Labute approximate surface area is 292 Å². The van der Waals surface area contributed by atoms with Gasteiger partial charge in [-0.2, -0.15) is 0 Å². The van der Waals surface area contributed by atoms with Crippen molar-refractivity contribution in [3.05, 3.63) is 98.7 Å². The Morgan fingerprint density at radius 2 is 1.80 bits per heavy atom. The minimum atomic E-state index is -3.56. The van der Waals surface area contributed by atoms with Crippen LogP contribution in [0.15, 0.2) is 70.2 Å². The van der Waals surface area contributed by atoms with E-state index >= 15 is 0 Å². The maximum absolute atomic E-state index is 13.8. The van der Waals surface area contributed by atoms with Gasteiger partial charge in [-0.3, -0.25) is 14.4 Å². The average Bonchev–Trinajstić information content (AvgIpc) is 3.52. The van der Waals surface area contributed by atoms with Gasteiger partial charge in [-0.1, -0.05) is 41.4 Å². The lowest BCUT2D eigenvalue weighted by molar-refractivity contribution is -0.172. The van der Waals surface area contributed by atoms with Gasteiger partial charge in [-0.25, -0.2) is 13.2 Å². The molecule has 1 unspecified atom stereocenters. The third-order valence-electron chi connectivity index (χ3n) is 8.05. The monoisotopic (exact) mass is 729 g/mol. The first-order valence-electron chi connectivity index (χ1n) is 15.4. The number of fused-ring (bicyclic) bond motifs is 2. The largest absolute Gasteiger partial charge is 0.511 e. The van der Waals surface area contributed by atoms with Crippen LogP contribution in [0, 0.1) is 5.92 Å². The normalized spacial score (nSPS) is 14.1. The molecule has 0 saturated heterocycles. The minimum absolute atomic E-state index is 0.0173. The first-order valence-corrected chi connectivity index (χ1v) is 18.0. The molecule has 3 aromatic carbocycles. The van der Waals surface area contributed by atoms with Gasteiger partial charge in [0.05, 0.1) is 39.3 Å². The van der Waals surface area contributed by atoms with Gasteiger partial charge in [-0.05, 0) is 72.9 Å². The lowest BCUT2D eigenvalue weighted by Gasteiger charge is -2.30. The zero-order chi connectivity index (χ0) is 35.5. The predicted octanol–water partition coefficient (Wildman–Crippen LogP) is 6.84. The number of hydrogen-bond donors (Lipinski definition) is 0. The van der Waals surface area contributed by atoms with Crippen molar-refractivity contribution in [2.75, 3.05) is 19.4 Å². The molecule has 0 spiro atoms. The minimum Gasteiger partial charge on any atom is -0.464 e. The molecule has 258 valence electrons. The molecule has 0 aliphatic carbocycles. The summed E-state index contributed by atoms with van der Waals surface area (Å²) in [4.78, 5) is 54.0. The number of furan rings is 1. The number of hydrogen-bond acceptors (Lipinski definition) is 10. The number of carbonyl (C=O) groups is 4. The molecule has 0 N–H and O–H groups in total. The van der Waals surface area contributed by atoms with E-state index in [0.717, 1.165) is 11.6 Å². The fraction of sp³-hybridized carbons (Fsp3) is 0.314. The van der Waals surface area contributed by atoms with Crippen molar-refractivity contribution in [3.63, 3.8) is 0 Å². The van der Waals surface area contributed by atoms with Crippen LogP contribution in [0.2, 0.25) is 10.0 Å². The highest BCUT2D eigenvalue weighted by Crippen LogP contribution is 2.37. The summed E-state index contributed by atoms with van der Waals surface area (Å²) >= 11 is 13.5. The molecular formula is C35H33Cl2NO10S. The number of ketones is 1. The second-order valence-electron chi connectivity index (χ2n) is 11.6. The van der Waals surface area contributed by atoms with Crippen LogP contribution < -0.4 is 0 Å². The lowest BCUT2D eigenvalue weighted by Crippen LogP contribution is -2.36. The molecular weight excluding hydrogens is 697 g/mol. The SMILES string of the molecule is CCOC(=O)OC(C)OC(=O)[C@@H](CC(=O)c1c(Cl)cc2c(c1Cl)CCN(C(=O)c1ccc3ccoc3c1)C2)Cc1cccc(S(C)(=O)=O)c1. The summed E-state index contributed by atoms with van der Waals surface area (Å²) in [5.41, 5.74) is 2.89. The Morgan fingerprint density at radius 1 is 1.02 bits per heavy atom. The zero-order valence-electron chi connectivity index (χ0n) is 26.9. The van der Waals surface area contributed by atoms with Gasteiger partial charge in [0.25, 0.3) is 5.91 Å². The second-order valence-corrected chi connectivity index (χ2v) is 14.4. The van der Waals surface area contributed by atoms with Crippen molar-refractivity contribution in [2.24, 2.45) is 5.92 Å². The van der Waals surface area contributed by atoms with Crippen LogP contribution in [-0.2, 0) is 48.2 Å². The molecule has 14 heteroatoms. The molecule has 11 nitrogen and oxygen atoms in total. The molecule has 1 amide bonds. The average molecular weight is 731 g/mol. The summed E-state index contributed by atoms with van der Waals surface area (Å²) in [5.74, 6) is -2.76. The predicted molar refractivity (Wildman–Crippen MR) is 180 cm³/mol. The molecule has 49 heavy (non-hydrogen) atoms. The molecule has 0 fully saturated rings. The van der Waals surface area contributed by atoms with E-state index in [0.29, 0.717) is 40.8 Å². The molecule has 1 aliphatic heterocycles. The maximum Gasteiger partial charge on any atom is 0.511 e. The molecule has 0 radical (unpaired) electrons. The van der Waals surface area contributed by atoms with Crippen molar-refractivity contribution >= 4 is 67.8 Å². The van der Waals surface area contributed by atoms with Crippen molar-refractivity contribution in [2.45, 2.75) is 50.8 Å². The van der Waals surface area contributed by atoms with Gasteiger partial charge in [0.15, 0.2) is 15.6 Å². The molecule has 0 bridgehead atoms. The number of rotatable bonds is 11. The van der Waals surface area contributed by atoms with Crippen molar-refractivity contribution in [1.29, 1.82) is 0 Å². The zero-order valence-corrected chi connectivity index (χ0v) is 29.2. The Bertz CT molecular complexity index is 2040. The van der Waals surface area contributed by atoms with Crippen molar-refractivity contribution in [3.8, 4) is 0 Å². The number of sulfone groups is 1.